The predicted octanol–water partition coefficient (Wildman–Crippen LogP) is 3.06. The van der Waals surface area contributed by atoms with Crippen molar-refractivity contribution in [2.24, 2.45) is 0 Å². The number of aromatic nitrogens is 1. The van der Waals surface area contributed by atoms with Crippen molar-refractivity contribution in [3.05, 3.63) is 57.7 Å². The number of esters is 1. The molecule has 0 unspecified atom stereocenters. The highest BCUT2D eigenvalue weighted by atomic mass is 32.2. The average molecular weight is 406 g/mol. The van der Waals surface area contributed by atoms with E-state index in [2.05, 4.69) is 4.72 Å². The molecule has 0 aliphatic rings. The van der Waals surface area contributed by atoms with Gasteiger partial charge in [-0.1, -0.05) is 11.3 Å². The first-order valence-corrected chi connectivity index (χ1v) is 10.6. The number of rotatable bonds is 6. The van der Waals surface area contributed by atoms with Gasteiger partial charge in [-0.05, 0) is 56.3 Å². The number of benzene rings is 2. The van der Waals surface area contributed by atoms with Crippen molar-refractivity contribution < 1.29 is 17.9 Å². The molecule has 3 aromatic rings. The van der Waals surface area contributed by atoms with Crippen LogP contribution in [0.25, 0.3) is 10.2 Å². The molecule has 0 amide bonds. The van der Waals surface area contributed by atoms with Crippen LogP contribution >= 0.6 is 11.3 Å². The third-order valence-electron chi connectivity index (χ3n) is 3.91. The summed E-state index contributed by atoms with van der Waals surface area (Å²) in [5.74, 6) is -0.465. The number of aryl methyl sites for hydroxylation is 1. The van der Waals surface area contributed by atoms with E-state index in [1.54, 1.807) is 17.6 Å². The molecule has 0 fully saturated rings. The average Bonchev–Trinajstić information content (AvgIpc) is 2.96. The predicted molar refractivity (Wildman–Crippen MR) is 105 cm³/mol. The molecule has 1 N–H and O–H groups in total. The van der Waals surface area contributed by atoms with Crippen LogP contribution in [0.4, 0.5) is 5.69 Å². The Morgan fingerprint density at radius 3 is 2.48 bits per heavy atom. The summed E-state index contributed by atoms with van der Waals surface area (Å²) < 4.78 is 34.9. The monoisotopic (exact) mass is 406 g/mol. The van der Waals surface area contributed by atoms with Gasteiger partial charge in [0.15, 0.2) is 0 Å². The molecule has 2 aromatic carbocycles. The maximum absolute atomic E-state index is 12.6. The summed E-state index contributed by atoms with van der Waals surface area (Å²) in [6.45, 7) is 4.36. The number of carbonyl (C=O) groups is 1. The molecule has 0 atom stereocenters. The first kappa shape index (κ1) is 19.1. The van der Waals surface area contributed by atoms with E-state index in [1.165, 1.54) is 36.4 Å². The van der Waals surface area contributed by atoms with Crippen molar-refractivity contribution in [2.45, 2.75) is 25.3 Å². The van der Waals surface area contributed by atoms with Crippen LogP contribution in [0.3, 0.4) is 0 Å². The Labute approximate surface area is 160 Å². The van der Waals surface area contributed by atoms with Crippen LogP contribution in [0.2, 0.25) is 0 Å². The normalized spacial score (nSPS) is 11.5. The summed E-state index contributed by atoms with van der Waals surface area (Å²) in [7, 11) is -3.83. The van der Waals surface area contributed by atoms with Crippen molar-refractivity contribution in [1.29, 1.82) is 0 Å². The zero-order valence-corrected chi connectivity index (χ0v) is 16.4. The lowest BCUT2D eigenvalue weighted by molar-refractivity contribution is 0.0526. The largest absolute Gasteiger partial charge is 0.462 e. The molecular formula is C18H18N2O5S2. The van der Waals surface area contributed by atoms with Crippen molar-refractivity contribution in [3.8, 4) is 0 Å². The van der Waals surface area contributed by atoms with E-state index in [9.17, 15) is 18.0 Å². The van der Waals surface area contributed by atoms with Crippen molar-refractivity contribution >= 4 is 43.2 Å². The molecule has 0 aliphatic carbocycles. The number of ether oxygens (including phenoxy) is 1. The first-order chi connectivity index (χ1) is 12.9. The van der Waals surface area contributed by atoms with Crippen LogP contribution in [0.1, 0.15) is 24.2 Å². The topological polar surface area (TPSA) is 94.5 Å². The molecule has 9 heteroatoms. The molecule has 0 aliphatic heterocycles. The molecule has 7 nitrogen and oxygen atoms in total. The molecule has 0 saturated heterocycles. The van der Waals surface area contributed by atoms with Gasteiger partial charge in [0.2, 0.25) is 0 Å². The Balaban J connectivity index is 1.87. The zero-order valence-electron chi connectivity index (χ0n) is 14.8. The van der Waals surface area contributed by atoms with Crippen LogP contribution < -0.4 is 9.60 Å². The summed E-state index contributed by atoms with van der Waals surface area (Å²) in [6, 6.07) is 10.6. The molecule has 142 valence electrons. The third kappa shape index (κ3) is 3.88. The fraction of sp³-hybridized carbons (Fsp3) is 0.222. The van der Waals surface area contributed by atoms with Crippen LogP contribution in [-0.4, -0.2) is 25.6 Å². The van der Waals surface area contributed by atoms with E-state index in [0.29, 0.717) is 28.0 Å². The van der Waals surface area contributed by atoms with E-state index in [4.69, 9.17) is 4.74 Å². The van der Waals surface area contributed by atoms with E-state index >= 15 is 0 Å². The lowest BCUT2D eigenvalue weighted by Gasteiger charge is -2.09. The third-order valence-corrected chi connectivity index (χ3v) is 6.24. The minimum Gasteiger partial charge on any atom is -0.462 e. The van der Waals surface area contributed by atoms with Gasteiger partial charge in [0.25, 0.3) is 10.0 Å². The van der Waals surface area contributed by atoms with E-state index < -0.39 is 16.0 Å². The quantitative estimate of drug-likeness (QED) is 0.635. The molecule has 27 heavy (non-hydrogen) atoms. The van der Waals surface area contributed by atoms with Crippen molar-refractivity contribution in [1.82, 2.24) is 4.57 Å². The summed E-state index contributed by atoms with van der Waals surface area (Å²) in [5.41, 5.74) is 1.37. The first-order valence-electron chi connectivity index (χ1n) is 8.29. The van der Waals surface area contributed by atoms with E-state index in [-0.39, 0.29) is 16.4 Å². The Bertz CT molecular complexity index is 1140. The maximum Gasteiger partial charge on any atom is 0.338 e. The van der Waals surface area contributed by atoms with Gasteiger partial charge in [0.05, 0.1) is 27.3 Å². The van der Waals surface area contributed by atoms with Gasteiger partial charge in [-0.3, -0.25) is 14.1 Å². The summed E-state index contributed by atoms with van der Waals surface area (Å²) in [5, 5.41) is 0. The summed E-state index contributed by atoms with van der Waals surface area (Å²) >= 11 is 1.01. The van der Waals surface area contributed by atoms with Crippen LogP contribution in [0.15, 0.2) is 52.2 Å². The molecule has 1 heterocycles. The van der Waals surface area contributed by atoms with Crippen molar-refractivity contribution in [2.75, 3.05) is 11.3 Å². The molecule has 0 spiro atoms. The van der Waals surface area contributed by atoms with Gasteiger partial charge in [-0.25, -0.2) is 13.2 Å². The second-order valence-electron chi connectivity index (χ2n) is 5.65. The number of fused-ring (bicyclic) bond motifs is 1. The molecular weight excluding hydrogens is 388 g/mol. The van der Waals surface area contributed by atoms with Gasteiger partial charge in [-0.2, -0.15) is 0 Å². The van der Waals surface area contributed by atoms with Gasteiger partial charge in [0.1, 0.15) is 0 Å². The molecule has 1 aromatic heterocycles. The number of nitrogens with one attached hydrogen (secondary N) is 1. The van der Waals surface area contributed by atoms with Gasteiger partial charge >= 0.3 is 10.8 Å². The molecule has 0 bridgehead atoms. The SMILES string of the molecule is CCOC(=O)c1ccc(NS(=O)(=O)c2ccc3c(c2)sc(=O)n3CC)cc1. The summed E-state index contributed by atoms with van der Waals surface area (Å²) in [4.78, 5) is 23.5. The fourth-order valence-corrected chi connectivity index (χ4v) is 4.77. The van der Waals surface area contributed by atoms with Crippen LogP contribution in [-0.2, 0) is 21.3 Å². The van der Waals surface area contributed by atoms with Gasteiger partial charge in [-0.15, -0.1) is 0 Å². The molecule has 0 saturated carbocycles. The van der Waals surface area contributed by atoms with Gasteiger partial charge < -0.3 is 4.74 Å². The number of hydrogen-bond acceptors (Lipinski definition) is 6. The number of sulfonamides is 1. The maximum atomic E-state index is 12.6. The Morgan fingerprint density at radius 2 is 1.85 bits per heavy atom. The Morgan fingerprint density at radius 1 is 1.15 bits per heavy atom. The molecule has 0 radical (unpaired) electrons. The minimum atomic E-state index is -3.83. The smallest absolute Gasteiger partial charge is 0.338 e. The fourth-order valence-electron chi connectivity index (χ4n) is 2.62. The lowest BCUT2D eigenvalue weighted by atomic mass is 10.2. The molecule has 3 rings (SSSR count). The Hall–Kier alpha value is -2.65. The zero-order chi connectivity index (χ0) is 19.6. The van der Waals surface area contributed by atoms with Gasteiger partial charge in [0, 0.05) is 12.2 Å². The number of anilines is 1. The number of hydrogen-bond donors (Lipinski definition) is 1. The van der Waals surface area contributed by atoms with E-state index in [0.717, 1.165) is 11.3 Å². The highest BCUT2D eigenvalue weighted by Gasteiger charge is 2.17. The van der Waals surface area contributed by atoms with E-state index in [1.807, 2.05) is 6.92 Å². The number of nitrogens with zero attached hydrogens (tertiary/aromatic N) is 1. The lowest BCUT2D eigenvalue weighted by Crippen LogP contribution is -2.13. The highest BCUT2D eigenvalue weighted by Crippen LogP contribution is 2.23. The number of carbonyl (C=O) groups excluding carboxylic acids is 1. The van der Waals surface area contributed by atoms with Crippen molar-refractivity contribution in [3.63, 3.8) is 0 Å². The second-order valence-corrected chi connectivity index (χ2v) is 8.32. The standard InChI is InChI=1S/C18H18N2O5S2/c1-3-20-15-10-9-14(11-16(15)26-18(20)22)27(23,24)19-13-7-5-12(6-8-13)17(21)25-4-2/h5-11,19H,3-4H2,1-2H3. The second kappa shape index (κ2) is 7.53. The van der Waals surface area contributed by atoms with Crippen LogP contribution in [0.5, 0.6) is 0 Å². The Kier molecular flexibility index (Phi) is 5.33. The highest BCUT2D eigenvalue weighted by molar-refractivity contribution is 7.92. The minimum absolute atomic E-state index is 0.0639. The number of thiazole rings is 1. The summed E-state index contributed by atoms with van der Waals surface area (Å²) in [6.07, 6.45) is 0. The van der Waals surface area contributed by atoms with Crippen LogP contribution in [0, 0.1) is 0 Å².